The summed E-state index contributed by atoms with van der Waals surface area (Å²) in [5.74, 6) is 1.28. The number of hydrogen-bond donors (Lipinski definition) is 3. The van der Waals surface area contributed by atoms with E-state index in [4.69, 9.17) is 15.5 Å². The van der Waals surface area contributed by atoms with E-state index >= 15 is 0 Å². The number of imidazole rings is 1. The van der Waals surface area contributed by atoms with Crippen LogP contribution < -0.4 is 10.5 Å². The third-order valence-corrected chi connectivity index (χ3v) is 4.59. The largest absolute Gasteiger partial charge is 0.382 e. The van der Waals surface area contributed by atoms with Gasteiger partial charge in [-0.1, -0.05) is 31.0 Å². The molecule has 0 spiro atoms. The maximum absolute atomic E-state index is 6.17. The Morgan fingerprint density at radius 1 is 1.29 bits per heavy atom. The second-order valence-electron chi connectivity index (χ2n) is 6.46. The molecule has 2 aromatic heterocycles. The molecule has 0 aliphatic heterocycles. The van der Waals surface area contributed by atoms with Crippen molar-refractivity contribution in [3.63, 3.8) is 0 Å². The summed E-state index contributed by atoms with van der Waals surface area (Å²) in [6, 6.07) is 7.98. The van der Waals surface area contributed by atoms with Crippen LogP contribution in [0.25, 0.3) is 21.9 Å². The zero-order valence-corrected chi connectivity index (χ0v) is 15.1. The van der Waals surface area contributed by atoms with E-state index in [1.165, 1.54) is 0 Å². The van der Waals surface area contributed by atoms with Gasteiger partial charge in [-0.2, -0.15) is 0 Å². The lowest BCUT2D eigenvalue weighted by atomic mass is 10.1. The highest BCUT2D eigenvalue weighted by atomic mass is 32.1. The Balaban J connectivity index is 2.30. The molecule has 128 valence electrons. The van der Waals surface area contributed by atoms with Gasteiger partial charge in [0, 0.05) is 24.1 Å². The van der Waals surface area contributed by atoms with Gasteiger partial charge >= 0.3 is 0 Å². The first-order valence-electron chi connectivity index (χ1n) is 7.99. The van der Waals surface area contributed by atoms with E-state index < -0.39 is 0 Å². The number of nitrogen functional groups attached to an aromatic ring is 1. The Labute approximate surface area is 147 Å². The van der Waals surface area contributed by atoms with E-state index in [2.05, 4.69) is 40.9 Å². The Kier molecular flexibility index (Phi) is 4.67. The fraction of sp³-hybridized carbons (Fsp3) is 0.412. The predicted octanol–water partition coefficient (Wildman–Crippen LogP) is 2.92. The standard InChI is InChI=1S/C17H23N5OS/c1-4-23-9-13-20-14-15(22(13)10-17(2,3)21-24)11-7-5-6-8-12(11)19-16(14)18/h5-8,21,24H,4,9-10H2,1-3H3,(H2,18,19). The topological polar surface area (TPSA) is 78.0 Å². The van der Waals surface area contributed by atoms with Gasteiger partial charge in [0.2, 0.25) is 0 Å². The van der Waals surface area contributed by atoms with Crippen molar-refractivity contribution in [2.45, 2.75) is 39.5 Å². The second kappa shape index (κ2) is 6.58. The number of nitrogens with zero attached hydrogens (tertiary/aromatic N) is 3. The van der Waals surface area contributed by atoms with Crippen LogP contribution in [0.2, 0.25) is 0 Å². The third-order valence-electron chi connectivity index (χ3n) is 3.98. The van der Waals surface area contributed by atoms with Gasteiger partial charge in [-0.05, 0) is 26.8 Å². The fourth-order valence-electron chi connectivity index (χ4n) is 2.81. The molecule has 0 atom stereocenters. The number of ether oxygens (including phenoxy) is 1. The summed E-state index contributed by atoms with van der Waals surface area (Å²) in [4.78, 5) is 9.20. The van der Waals surface area contributed by atoms with Crippen molar-refractivity contribution in [1.29, 1.82) is 0 Å². The predicted molar refractivity (Wildman–Crippen MR) is 101 cm³/mol. The lowest BCUT2D eigenvalue weighted by molar-refractivity contribution is 0.125. The van der Waals surface area contributed by atoms with E-state index in [0.717, 1.165) is 27.8 Å². The molecule has 0 saturated heterocycles. The van der Waals surface area contributed by atoms with Crippen LogP contribution in [-0.2, 0) is 17.9 Å². The summed E-state index contributed by atoms with van der Waals surface area (Å²) in [7, 11) is 0. The fourth-order valence-corrected chi connectivity index (χ4v) is 2.88. The van der Waals surface area contributed by atoms with Crippen molar-refractivity contribution in [3.05, 3.63) is 30.1 Å². The van der Waals surface area contributed by atoms with Gasteiger partial charge < -0.3 is 15.0 Å². The van der Waals surface area contributed by atoms with Crippen molar-refractivity contribution in [2.75, 3.05) is 12.3 Å². The number of aromatic nitrogens is 3. The molecule has 24 heavy (non-hydrogen) atoms. The summed E-state index contributed by atoms with van der Waals surface area (Å²) in [5.41, 5.74) is 8.52. The smallest absolute Gasteiger partial charge is 0.152 e. The average molecular weight is 345 g/mol. The minimum absolute atomic E-state index is 0.225. The summed E-state index contributed by atoms with van der Waals surface area (Å²) < 4.78 is 10.8. The summed E-state index contributed by atoms with van der Waals surface area (Å²) in [5, 5.41) is 1.03. The molecule has 0 aliphatic carbocycles. The quantitative estimate of drug-likeness (QED) is 0.599. The van der Waals surface area contributed by atoms with Crippen LogP contribution >= 0.6 is 12.8 Å². The number of para-hydroxylation sites is 1. The normalized spacial score (nSPS) is 12.3. The molecule has 3 aromatic rings. The number of thiol groups is 1. The first-order valence-corrected chi connectivity index (χ1v) is 8.44. The van der Waals surface area contributed by atoms with Gasteiger partial charge in [-0.25, -0.2) is 9.97 Å². The Morgan fingerprint density at radius 2 is 2.04 bits per heavy atom. The molecule has 0 fully saturated rings. The number of hydrogen-bond acceptors (Lipinski definition) is 6. The van der Waals surface area contributed by atoms with E-state index in [1.807, 2.05) is 31.2 Å². The van der Waals surface area contributed by atoms with E-state index in [9.17, 15) is 0 Å². The molecule has 6 nitrogen and oxygen atoms in total. The van der Waals surface area contributed by atoms with Crippen molar-refractivity contribution < 1.29 is 4.74 Å². The van der Waals surface area contributed by atoms with Gasteiger partial charge in [0.05, 0.1) is 11.0 Å². The SMILES string of the molecule is CCOCc1nc2c(N)nc3ccccc3c2n1CC(C)(C)NS. The summed E-state index contributed by atoms with van der Waals surface area (Å²) in [6.45, 7) is 7.89. The van der Waals surface area contributed by atoms with Crippen molar-refractivity contribution in [2.24, 2.45) is 0 Å². The van der Waals surface area contributed by atoms with Gasteiger partial charge in [-0.3, -0.25) is 4.72 Å². The number of anilines is 1. The Morgan fingerprint density at radius 3 is 2.75 bits per heavy atom. The zero-order valence-electron chi connectivity index (χ0n) is 14.2. The molecule has 0 amide bonds. The molecular formula is C17H23N5OS. The van der Waals surface area contributed by atoms with E-state index in [-0.39, 0.29) is 5.54 Å². The molecule has 1 aromatic carbocycles. The molecular weight excluding hydrogens is 322 g/mol. The average Bonchev–Trinajstić information content (AvgIpc) is 2.92. The van der Waals surface area contributed by atoms with Crippen molar-refractivity contribution >= 4 is 40.6 Å². The van der Waals surface area contributed by atoms with Crippen LogP contribution in [0, 0.1) is 0 Å². The van der Waals surface area contributed by atoms with Crippen LogP contribution in [0.4, 0.5) is 5.82 Å². The monoisotopic (exact) mass is 345 g/mol. The number of benzene rings is 1. The minimum atomic E-state index is -0.225. The molecule has 0 bridgehead atoms. The van der Waals surface area contributed by atoms with Gasteiger partial charge in [-0.15, -0.1) is 0 Å². The third kappa shape index (κ3) is 3.07. The van der Waals surface area contributed by atoms with Gasteiger partial charge in [0.25, 0.3) is 0 Å². The molecule has 3 rings (SSSR count). The summed E-state index contributed by atoms with van der Waals surface area (Å²) in [6.07, 6.45) is 0. The van der Waals surface area contributed by atoms with Crippen LogP contribution in [0.15, 0.2) is 24.3 Å². The number of pyridine rings is 1. The zero-order chi connectivity index (χ0) is 17.3. The molecule has 2 heterocycles. The first-order chi connectivity index (χ1) is 11.5. The first kappa shape index (κ1) is 17.0. The van der Waals surface area contributed by atoms with Crippen LogP contribution in [0.1, 0.15) is 26.6 Å². The maximum atomic E-state index is 6.17. The number of fused-ring (bicyclic) bond motifs is 3. The molecule has 7 heteroatoms. The minimum Gasteiger partial charge on any atom is -0.382 e. The summed E-state index contributed by atoms with van der Waals surface area (Å²) >= 11 is 4.25. The molecule has 0 saturated carbocycles. The molecule has 0 aliphatic rings. The Hall–Kier alpha value is -1.83. The lowest BCUT2D eigenvalue weighted by Gasteiger charge is -2.25. The van der Waals surface area contributed by atoms with Crippen LogP contribution in [0.5, 0.6) is 0 Å². The highest BCUT2D eigenvalue weighted by molar-refractivity contribution is 7.78. The molecule has 0 unspecified atom stereocenters. The van der Waals surface area contributed by atoms with Gasteiger partial charge in [0.15, 0.2) is 5.82 Å². The number of nitrogens with one attached hydrogen (secondary N) is 1. The number of nitrogens with two attached hydrogens (primary N) is 1. The highest BCUT2D eigenvalue weighted by Crippen LogP contribution is 2.30. The van der Waals surface area contributed by atoms with Gasteiger partial charge in [0.1, 0.15) is 17.9 Å². The van der Waals surface area contributed by atoms with E-state index in [1.54, 1.807) is 0 Å². The van der Waals surface area contributed by atoms with Crippen LogP contribution in [-0.4, -0.2) is 26.7 Å². The highest BCUT2D eigenvalue weighted by Gasteiger charge is 2.23. The van der Waals surface area contributed by atoms with E-state index in [0.29, 0.717) is 25.6 Å². The van der Waals surface area contributed by atoms with Crippen molar-refractivity contribution in [3.8, 4) is 0 Å². The molecule has 0 radical (unpaired) electrons. The molecule has 3 N–H and O–H groups in total. The second-order valence-corrected chi connectivity index (χ2v) is 6.68. The van der Waals surface area contributed by atoms with Crippen molar-refractivity contribution in [1.82, 2.24) is 19.3 Å². The Bertz CT molecular complexity index is 874. The lowest BCUT2D eigenvalue weighted by Crippen LogP contribution is -2.38. The van der Waals surface area contributed by atoms with Crippen LogP contribution in [0.3, 0.4) is 0 Å². The maximum Gasteiger partial charge on any atom is 0.152 e. The number of rotatable bonds is 6.